The van der Waals surface area contributed by atoms with Crippen LogP contribution in [-0.4, -0.2) is 9.97 Å². The Morgan fingerprint density at radius 1 is 1.25 bits per heavy atom. The van der Waals surface area contributed by atoms with Crippen LogP contribution in [0, 0.1) is 0 Å². The molecule has 0 saturated heterocycles. The van der Waals surface area contributed by atoms with Gasteiger partial charge in [0.1, 0.15) is 11.6 Å². The van der Waals surface area contributed by atoms with E-state index in [9.17, 15) is 4.79 Å². The van der Waals surface area contributed by atoms with Crippen molar-refractivity contribution in [2.75, 3.05) is 11.1 Å². The number of anilines is 2. The summed E-state index contributed by atoms with van der Waals surface area (Å²) in [6, 6.07) is 9.15. The van der Waals surface area contributed by atoms with Gasteiger partial charge in [-0.2, -0.15) is 0 Å². The summed E-state index contributed by atoms with van der Waals surface area (Å²) >= 11 is 0. The zero-order chi connectivity index (χ0) is 14.7. The molecule has 1 atom stereocenters. The van der Waals surface area contributed by atoms with Gasteiger partial charge in [-0.15, -0.1) is 0 Å². The number of nitrogens with one attached hydrogen (secondary N) is 2. The van der Waals surface area contributed by atoms with Crippen LogP contribution < -0.4 is 16.6 Å². The molecular formula is C15H20N4O. The number of aromatic amines is 1. The first-order valence-electron chi connectivity index (χ1n) is 6.69. The maximum atomic E-state index is 11.6. The van der Waals surface area contributed by atoms with Crippen molar-refractivity contribution in [2.24, 2.45) is 0 Å². The molecule has 4 N–H and O–H groups in total. The van der Waals surface area contributed by atoms with Crippen LogP contribution in [0.25, 0.3) is 0 Å². The second-order valence-corrected chi connectivity index (χ2v) is 5.21. The molecule has 1 aromatic carbocycles. The summed E-state index contributed by atoms with van der Waals surface area (Å²) in [5.41, 5.74) is 7.41. The molecule has 5 nitrogen and oxygen atoms in total. The molecular weight excluding hydrogens is 252 g/mol. The van der Waals surface area contributed by atoms with E-state index in [-0.39, 0.29) is 17.5 Å². The molecule has 0 fully saturated rings. The van der Waals surface area contributed by atoms with Crippen molar-refractivity contribution in [3.05, 3.63) is 52.1 Å². The third-order valence-corrected chi connectivity index (χ3v) is 3.08. The zero-order valence-electron chi connectivity index (χ0n) is 12.0. The Labute approximate surface area is 118 Å². The average molecular weight is 272 g/mol. The Morgan fingerprint density at radius 3 is 2.65 bits per heavy atom. The molecule has 0 aliphatic heterocycles. The molecule has 2 rings (SSSR count). The third-order valence-electron chi connectivity index (χ3n) is 3.08. The molecule has 1 heterocycles. The lowest BCUT2D eigenvalue weighted by Crippen LogP contribution is -2.16. The average Bonchev–Trinajstić information content (AvgIpc) is 2.37. The summed E-state index contributed by atoms with van der Waals surface area (Å²) in [5.74, 6) is 1.43. The highest BCUT2D eigenvalue weighted by Crippen LogP contribution is 2.19. The van der Waals surface area contributed by atoms with Crippen molar-refractivity contribution in [1.82, 2.24) is 9.97 Å². The van der Waals surface area contributed by atoms with Crippen LogP contribution in [0.4, 0.5) is 11.5 Å². The maximum absolute atomic E-state index is 11.6. The quantitative estimate of drug-likeness (QED) is 0.747. The van der Waals surface area contributed by atoms with Crippen molar-refractivity contribution in [2.45, 2.75) is 32.7 Å². The predicted octanol–water partition coefficient (Wildman–Crippen LogP) is 2.65. The molecule has 106 valence electrons. The molecule has 0 aliphatic carbocycles. The topological polar surface area (TPSA) is 83.8 Å². The lowest BCUT2D eigenvalue weighted by Gasteiger charge is -2.16. The number of H-pyrrole nitrogens is 1. The summed E-state index contributed by atoms with van der Waals surface area (Å²) in [6.07, 6.45) is 0. The monoisotopic (exact) mass is 272 g/mol. The molecule has 0 spiro atoms. The van der Waals surface area contributed by atoms with Gasteiger partial charge in [-0.25, -0.2) is 4.98 Å². The van der Waals surface area contributed by atoms with Gasteiger partial charge in [0.15, 0.2) is 0 Å². The number of benzene rings is 1. The second-order valence-electron chi connectivity index (χ2n) is 5.21. The molecule has 20 heavy (non-hydrogen) atoms. The number of hydrogen-bond acceptors (Lipinski definition) is 4. The molecule has 5 heteroatoms. The van der Waals surface area contributed by atoms with Crippen molar-refractivity contribution >= 4 is 11.5 Å². The van der Waals surface area contributed by atoms with E-state index in [1.165, 1.54) is 6.07 Å². The number of nitrogens with two attached hydrogens (primary N) is 1. The van der Waals surface area contributed by atoms with Crippen molar-refractivity contribution < 1.29 is 0 Å². The smallest absolute Gasteiger partial charge is 0.252 e. The maximum Gasteiger partial charge on any atom is 0.252 e. The summed E-state index contributed by atoms with van der Waals surface area (Å²) in [5, 5.41) is 3.23. The predicted molar refractivity (Wildman–Crippen MR) is 81.8 cm³/mol. The van der Waals surface area contributed by atoms with Crippen molar-refractivity contribution in [3.63, 3.8) is 0 Å². The Kier molecular flexibility index (Phi) is 4.08. The van der Waals surface area contributed by atoms with Crippen LogP contribution in [0.3, 0.4) is 0 Å². The minimum atomic E-state index is -0.147. The lowest BCUT2D eigenvalue weighted by molar-refractivity contribution is 0.761. The van der Waals surface area contributed by atoms with Crippen LogP contribution in [-0.2, 0) is 0 Å². The van der Waals surface area contributed by atoms with Gasteiger partial charge in [-0.1, -0.05) is 26.0 Å². The second kappa shape index (κ2) is 5.77. The van der Waals surface area contributed by atoms with E-state index in [0.717, 1.165) is 11.3 Å². The highest BCUT2D eigenvalue weighted by Gasteiger charge is 2.09. The van der Waals surface area contributed by atoms with E-state index >= 15 is 0 Å². The Bertz CT molecular complexity index is 648. The third kappa shape index (κ3) is 3.38. The highest BCUT2D eigenvalue weighted by atomic mass is 16.1. The van der Waals surface area contributed by atoms with Crippen LogP contribution in [0.2, 0.25) is 0 Å². The number of nitrogens with zero attached hydrogens (tertiary/aromatic N) is 1. The fourth-order valence-electron chi connectivity index (χ4n) is 1.96. The van der Waals surface area contributed by atoms with E-state index in [0.29, 0.717) is 11.6 Å². The van der Waals surface area contributed by atoms with Gasteiger partial charge in [0.2, 0.25) is 0 Å². The fourth-order valence-corrected chi connectivity index (χ4v) is 1.96. The zero-order valence-corrected chi connectivity index (χ0v) is 12.0. The van der Waals surface area contributed by atoms with Crippen LogP contribution in [0.5, 0.6) is 0 Å². The van der Waals surface area contributed by atoms with Gasteiger partial charge in [-0.05, 0) is 24.6 Å². The normalized spacial score (nSPS) is 12.4. The highest BCUT2D eigenvalue weighted by molar-refractivity contribution is 5.44. The first-order valence-corrected chi connectivity index (χ1v) is 6.69. The SMILES string of the molecule is CC(C)c1nc(NC(C)c2cccc(N)c2)cc(=O)[nH]1. The van der Waals surface area contributed by atoms with E-state index in [2.05, 4.69) is 15.3 Å². The van der Waals surface area contributed by atoms with Gasteiger partial charge in [-0.3, -0.25) is 4.79 Å². The van der Waals surface area contributed by atoms with Crippen LogP contribution >= 0.6 is 0 Å². The minimum absolute atomic E-state index is 0.0211. The largest absolute Gasteiger partial charge is 0.399 e. The van der Waals surface area contributed by atoms with E-state index in [1.807, 2.05) is 45.0 Å². The number of aromatic nitrogens is 2. The first-order chi connectivity index (χ1) is 9.45. The van der Waals surface area contributed by atoms with E-state index < -0.39 is 0 Å². The standard InChI is InChI=1S/C15H20N4O/c1-9(2)15-18-13(8-14(20)19-15)17-10(3)11-5-4-6-12(16)7-11/h4-10H,16H2,1-3H3,(H2,17,18,19,20). The fraction of sp³-hybridized carbons (Fsp3) is 0.333. The summed E-state index contributed by atoms with van der Waals surface area (Å²) < 4.78 is 0. The van der Waals surface area contributed by atoms with Gasteiger partial charge in [0.05, 0.1) is 6.04 Å². The molecule has 0 amide bonds. The Balaban J connectivity index is 2.23. The number of rotatable bonds is 4. The van der Waals surface area contributed by atoms with Gasteiger partial charge in [0, 0.05) is 17.7 Å². The van der Waals surface area contributed by atoms with Crippen LogP contribution in [0.15, 0.2) is 35.1 Å². The molecule has 1 unspecified atom stereocenters. The van der Waals surface area contributed by atoms with Crippen LogP contribution in [0.1, 0.15) is 44.1 Å². The molecule has 0 aliphatic rings. The molecule has 0 bridgehead atoms. The summed E-state index contributed by atoms with van der Waals surface area (Å²) in [6.45, 7) is 5.99. The Hall–Kier alpha value is -2.30. The minimum Gasteiger partial charge on any atom is -0.399 e. The molecule has 1 aromatic heterocycles. The van der Waals surface area contributed by atoms with Gasteiger partial charge in [0.25, 0.3) is 5.56 Å². The van der Waals surface area contributed by atoms with Crippen molar-refractivity contribution in [1.29, 1.82) is 0 Å². The van der Waals surface area contributed by atoms with Crippen molar-refractivity contribution in [3.8, 4) is 0 Å². The van der Waals surface area contributed by atoms with Gasteiger partial charge >= 0.3 is 0 Å². The number of hydrogen-bond donors (Lipinski definition) is 3. The number of nitrogen functional groups attached to an aromatic ring is 1. The molecule has 0 radical (unpaired) electrons. The lowest BCUT2D eigenvalue weighted by atomic mass is 10.1. The summed E-state index contributed by atoms with van der Waals surface area (Å²) in [4.78, 5) is 18.8. The van der Waals surface area contributed by atoms with E-state index in [1.54, 1.807) is 0 Å². The Morgan fingerprint density at radius 2 is 2.00 bits per heavy atom. The van der Waals surface area contributed by atoms with E-state index in [4.69, 9.17) is 5.73 Å². The first kappa shape index (κ1) is 14.1. The summed E-state index contributed by atoms with van der Waals surface area (Å²) in [7, 11) is 0. The molecule has 2 aromatic rings. The van der Waals surface area contributed by atoms with Gasteiger partial charge < -0.3 is 16.0 Å². The molecule has 0 saturated carbocycles.